The molecule has 7 aromatic rings. The Labute approximate surface area is 256 Å². The summed E-state index contributed by atoms with van der Waals surface area (Å²) < 4.78 is 2.14. The molecule has 8 rings (SSSR count). The van der Waals surface area contributed by atoms with Gasteiger partial charge in [-0.2, -0.15) is 10.5 Å². The van der Waals surface area contributed by atoms with E-state index >= 15 is 0 Å². The summed E-state index contributed by atoms with van der Waals surface area (Å²) in [7, 11) is 0. The molecule has 1 heterocycles. The van der Waals surface area contributed by atoms with Crippen molar-refractivity contribution < 1.29 is 0 Å². The Bertz CT molecular complexity index is 2270. The third kappa shape index (κ3) is 3.60. The molecule has 0 fully saturated rings. The van der Waals surface area contributed by atoms with E-state index in [1.807, 2.05) is 30.3 Å². The fourth-order valence-electron chi connectivity index (χ4n) is 7.24. The van der Waals surface area contributed by atoms with Crippen LogP contribution in [-0.2, 0) is 5.41 Å². The molecule has 44 heavy (non-hydrogen) atoms. The van der Waals surface area contributed by atoms with Crippen LogP contribution in [0.1, 0.15) is 36.1 Å². The molecule has 0 N–H and O–H groups in total. The Morgan fingerprint density at radius 3 is 1.64 bits per heavy atom. The van der Waals surface area contributed by atoms with Gasteiger partial charge in [0, 0.05) is 16.2 Å². The summed E-state index contributed by atoms with van der Waals surface area (Å²) in [5.74, 6) is 0. The molecule has 0 unspecified atom stereocenters. The maximum atomic E-state index is 10.9. The van der Waals surface area contributed by atoms with E-state index in [4.69, 9.17) is 0 Å². The van der Waals surface area contributed by atoms with Gasteiger partial charge in [-0.25, -0.2) is 0 Å². The van der Waals surface area contributed by atoms with E-state index in [1.54, 1.807) is 0 Å². The first-order chi connectivity index (χ1) is 21.5. The molecule has 0 radical (unpaired) electrons. The van der Waals surface area contributed by atoms with E-state index in [1.165, 1.54) is 5.56 Å². The molecule has 1 aliphatic carbocycles. The van der Waals surface area contributed by atoms with E-state index < -0.39 is 0 Å². The first-order valence-corrected chi connectivity index (χ1v) is 14.8. The van der Waals surface area contributed by atoms with Crippen molar-refractivity contribution >= 4 is 21.8 Å². The predicted octanol–water partition coefficient (Wildman–Crippen LogP) is 10.2. The van der Waals surface area contributed by atoms with Crippen molar-refractivity contribution in [1.82, 2.24) is 4.57 Å². The Morgan fingerprint density at radius 1 is 0.545 bits per heavy atom. The van der Waals surface area contributed by atoms with E-state index in [0.717, 1.165) is 60.8 Å². The third-order valence-electron chi connectivity index (χ3n) is 9.25. The van der Waals surface area contributed by atoms with Crippen LogP contribution in [0.25, 0.3) is 60.9 Å². The molecule has 0 spiro atoms. The highest BCUT2D eigenvalue weighted by Crippen LogP contribution is 2.52. The molecule has 0 atom stereocenters. The zero-order chi connectivity index (χ0) is 30.0. The standard InChI is InChI=1S/C41H27N3/c1-41(2)36-16-10-9-15-31(36)34-23-30(24-42)40(35(25-43)39(34)41)44-37-19-17-28(26-11-5-3-6-12-26)21-32(37)33-22-29(18-20-38(33)44)27-13-7-4-8-14-27/h3-23H,1-2H3. The maximum Gasteiger partial charge on any atom is 0.102 e. The molecule has 0 bridgehead atoms. The highest BCUT2D eigenvalue weighted by atomic mass is 15.0. The number of nitriles is 2. The van der Waals surface area contributed by atoms with Crippen LogP contribution in [0.5, 0.6) is 0 Å². The number of hydrogen-bond acceptors (Lipinski definition) is 2. The Balaban J connectivity index is 1.49. The normalized spacial score (nSPS) is 12.9. The minimum absolute atomic E-state index is 0.389. The monoisotopic (exact) mass is 561 g/mol. The van der Waals surface area contributed by atoms with Gasteiger partial charge in [0.25, 0.3) is 0 Å². The summed E-state index contributed by atoms with van der Waals surface area (Å²) >= 11 is 0. The summed E-state index contributed by atoms with van der Waals surface area (Å²) in [5.41, 5.74) is 12.0. The number of fused-ring (bicyclic) bond motifs is 6. The number of rotatable bonds is 3. The summed E-state index contributed by atoms with van der Waals surface area (Å²) in [6.07, 6.45) is 0. The zero-order valence-electron chi connectivity index (χ0n) is 24.5. The van der Waals surface area contributed by atoms with Gasteiger partial charge in [0.15, 0.2) is 0 Å². The van der Waals surface area contributed by atoms with E-state index in [0.29, 0.717) is 16.8 Å². The van der Waals surface area contributed by atoms with E-state index in [2.05, 4.69) is 128 Å². The largest absolute Gasteiger partial charge is 0.307 e. The SMILES string of the molecule is CC1(C)c2ccccc2-c2cc(C#N)c(-n3c4ccc(-c5ccccc5)cc4c4cc(-c5ccccc5)ccc43)c(C#N)c21. The number of aromatic nitrogens is 1. The van der Waals surface area contributed by atoms with Gasteiger partial charge in [0.2, 0.25) is 0 Å². The minimum atomic E-state index is -0.389. The lowest BCUT2D eigenvalue weighted by Crippen LogP contribution is -2.18. The first kappa shape index (κ1) is 25.8. The molecule has 3 nitrogen and oxygen atoms in total. The molecular weight excluding hydrogens is 534 g/mol. The lowest BCUT2D eigenvalue weighted by molar-refractivity contribution is 0.658. The molecule has 1 aromatic heterocycles. The summed E-state index contributed by atoms with van der Waals surface area (Å²) in [5, 5.41) is 23.6. The highest BCUT2D eigenvalue weighted by molar-refractivity contribution is 6.12. The second-order valence-corrected chi connectivity index (χ2v) is 12.0. The third-order valence-corrected chi connectivity index (χ3v) is 9.25. The lowest BCUT2D eigenvalue weighted by atomic mass is 9.79. The number of nitrogens with zero attached hydrogens (tertiary/aromatic N) is 3. The first-order valence-electron chi connectivity index (χ1n) is 14.8. The molecule has 0 aliphatic heterocycles. The van der Waals surface area contributed by atoms with Crippen LogP contribution in [0.15, 0.2) is 127 Å². The summed E-state index contributed by atoms with van der Waals surface area (Å²) in [6, 6.07) is 49.1. The molecule has 3 heteroatoms. The maximum absolute atomic E-state index is 10.9. The summed E-state index contributed by atoms with van der Waals surface area (Å²) in [4.78, 5) is 0. The second kappa shape index (κ2) is 9.56. The van der Waals surface area contributed by atoms with Crippen LogP contribution < -0.4 is 0 Å². The summed E-state index contributed by atoms with van der Waals surface area (Å²) in [6.45, 7) is 4.36. The van der Waals surface area contributed by atoms with E-state index in [9.17, 15) is 10.5 Å². The fraction of sp³-hybridized carbons (Fsp3) is 0.0732. The van der Waals surface area contributed by atoms with Gasteiger partial charge in [-0.15, -0.1) is 0 Å². The van der Waals surface area contributed by atoms with E-state index in [-0.39, 0.29) is 5.41 Å². The van der Waals surface area contributed by atoms with Crippen LogP contribution in [0.2, 0.25) is 0 Å². The van der Waals surface area contributed by atoms with Crippen molar-refractivity contribution in [3.8, 4) is 51.2 Å². The minimum Gasteiger partial charge on any atom is -0.307 e. The van der Waals surface area contributed by atoms with Crippen LogP contribution in [0.4, 0.5) is 0 Å². The average molecular weight is 562 g/mol. The van der Waals surface area contributed by atoms with Crippen molar-refractivity contribution in [1.29, 1.82) is 10.5 Å². The average Bonchev–Trinajstić information content (AvgIpc) is 3.52. The lowest BCUT2D eigenvalue weighted by Gasteiger charge is -2.24. The molecule has 1 aliphatic rings. The topological polar surface area (TPSA) is 52.5 Å². The number of benzene rings is 6. The van der Waals surface area contributed by atoms with Crippen molar-refractivity contribution in [3.63, 3.8) is 0 Å². The quantitative estimate of drug-likeness (QED) is 0.215. The highest BCUT2D eigenvalue weighted by Gasteiger charge is 2.40. The Morgan fingerprint density at radius 2 is 1.09 bits per heavy atom. The molecule has 6 aromatic carbocycles. The Kier molecular flexibility index (Phi) is 5.60. The van der Waals surface area contributed by atoms with Gasteiger partial charge in [0.1, 0.15) is 12.1 Å². The molecule has 0 saturated heterocycles. The molecule has 0 saturated carbocycles. The van der Waals surface area contributed by atoms with Gasteiger partial charge in [-0.1, -0.05) is 111 Å². The fourth-order valence-corrected chi connectivity index (χ4v) is 7.24. The van der Waals surface area contributed by atoms with Crippen molar-refractivity contribution in [2.45, 2.75) is 19.3 Å². The van der Waals surface area contributed by atoms with Gasteiger partial charge in [0.05, 0.1) is 27.8 Å². The van der Waals surface area contributed by atoms with Crippen molar-refractivity contribution in [2.75, 3.05) is 0 Å². The van der Waals surface area contributed by atoms with Crippen LogP contribution >= 0.6 is 0 Å². The van der Waals surface area contributed by atoms with Crippen molar-refractivity contribution in [2.24, 2.45) is 0 Å². The van der Waals surface area contributed by atoms with Crippen LogP contribution in [-0.4, -0.2) is 4.57 Å². The van der Waals surface area contributed by atoms with Gasteiger partial charge < -0.3 is 4.57 Å². The zero-order valence-corrected chi connectivity index (χ0v) is 24.5. The van der Waals surface area contributed by atoms with Gasteiger partial charge in [-0.05, 0) is 74.8 Å². The Hall–Kier alpha value is -5.90. The molecular formula is C41H27N3. The second-order valence-electron chi connectivity index (χ2n) is 12.0. The predicted molar refractivity (Wildman–Crippen MR) is 179 cm³/mol. The molecule has 0 amide bonds. The number of hydrogen-bond donors (Lipinski definition) is 0. The molecule has 206 valence electrons. The van der Waals surface area contributed by atoms with Crippen molar-refractivity contribution in [3.05, 3.63) is 150 Å². The van der Waals surface area contributed by atoms with Crippen LogP contribution in [0.3, 0.4) is 0 Å². The smallest absolute Gasteiger partial charge is 0.102 e. The van der Waals surface area contributed by atoms with Gasteiger partial charge >= 0.3 is 0 Å². The van der Waals surface area contributed by atoms with Gasteiger partial charge in [-0.3, -0.25) is 0 Å². The van der Waals surface area contributed by atoms with Crippen LogP contribution in [0, 0.1) is 22.7 Å².